The summed E-state index contributed by atoms with van der Waals surface area (Å²) in [6, 6.07) is 0.791. The van der Waals surface area contributed by atoms with Crippen LogP contribution in [-0.2, 0) is 0 Å². The Morgan fingerprint density at radius 3 is 2.32 bits per heavy atom. The first-order valence-corrected chi connectivity index (χ1v) is 8.42. The molecule has 0 aliphatic carbocycles. The maximum atomic E-state index is 3.80. The molecule has 19 heavy (non-hydrogen) atoms. The second kappa shape index (κ2) is 8.23. The van der Waals surface area contributed by atoms with E-state index in [0.29, 0.717) is 0 Å². The number of likely N-dealkylation sites (tertiary alicyclic amines) is 2. The average Bonchev–Trinajstić information content (AvgIpc) is 2.43. The highest BCUT2D eigenvalue weighted by Gasteiger charge is 2.19. The maximum Gasteiger partial charge on any atom is 0.00914 e. The standard InChI is InChI=1S/C16H33N3/c1-3-10-19-13-7-16(8-14-19)17-9-4-15-5-11-18(2)12-6-15/h15-17H,3-14H2,1-2H3. The van der Waals surface area contributed by atoms with Crippen LogP contribution in [0.3, 0.4) is 0 Å². The van der Waals surface area contributed by atoms with Gasteiger partial charge in [0.15, 0.2) is 0 Å². The summed E-state index contributed by atoms with van der Waals surface area (Å²) in [6.07, 6.45) is 8.22. The van der Waals surface area contributed by atoms with Gasteiger partial charge >= 0.3 is 0 Å². The Labute approximate surface area is 119 Å². The third kappa shape index (κ3) is 5.41. The average molecular weight is 267 g/mol. The van der Waals surface area contributed by atoms with Crippen molar-refractivity contribution in [1.29, 1.82) is 0 Å². The van der Waals surface area contributed by atoms with Gasteiger partial charge in [-0.2, -0.15) is 0 Å². The summed E-state index contributed by atoms with van der Waals surface area (Å²) in [4.78, 5) is 5.09. The molecule has 2 fully saturated rings. The molecule has 0 bridgehead atoms. The SMILES string of the molecule is CCCN1CCC(NCCC2CCN(C)CC2)CC1. The highest BCUT2D eigenvalue weighted by molar-refractivity contribution is 4.78. The van der Waals surface area contributed by atoms with Crippen molar-refractivity contribution in [2.75, 3.05) is 46.3 Å². The van der Waals surface area contributed by atoms with E-state index in [1.54, 1.807) is 0 Å². The van der Waals surface area contributed by atoms with Crippen molar-refractivity contribution in [3.8, 4) is 0 Å². The zero-order chi connectivity index (χ0) is 13.5. The van der Waals surface area contributed by atoms with Gasteiger partial charge in [0.1, 0.15) is 0 Å². The van der Waals surface area contributed by atoms with Gasteiger partial charge in [-0.05, 0) is 90.8 Å². The zero-order valence-electron chi connectivity index (χ0n) is 13.0. The minimum Gasteiger partial charge on any atom is -0.314 e. The quantitative estimate of drug-likeness (QED) is 0.796. The number of hydrogen-bond donors (Lipinski definition) is 1. The number of nitrogens with one attached hydrogen (secondary N) is 1. The third-order valence-electron chi connectivity index (χ3n) is 4.95. The van der Waals surface area contributed by atoms with E-state index in [1.807, 2.05) is 0 Å². The zero-order valence-corrected chi connectivity index (χ0v) is 13.0. The summed E-state index contributed by atoms with van der Waals surface area (Å²) in [5.74, 6) is 0.976. The smallest absolute Gasteiger partial charge is 0.00914 e. The van der Waals surface area contributed by atoms with E-state index in [-0.39, 0.29) is 0 Å². The molecule has 0 unspecified atom stereocenters. The molecule has 0 amide bonds. The van der Waals surface area contributed by atoms with E-state index in [9.17, 15) is 0 Å². The fourth-order valence-electron chi connectivity index (χ4n) is 3.52. The largest absolute Gasteiger partial charge is 0.314 e. The summed E-state index contributed by atoms with van der Waals surface area (Å²) in [7, 11) is 2.25. The van der Waals surface area contributed by atoms with Crippen LogP contribution in [0.4, 0.5) is 0 Å². The molecule has 0 radical (unpaired) electrons. The highest BCUT2D eigenvalue weighted by Crippen LogP contribution is 2.19. The number of rotatable bonds is 6. The van der Waals surface area contributed by atoms with Crippen LogP contribution in [0.15, 0.2) is 0 Å². The molecule has 0 atom stereocenters. The molecule has 3 nitrogen and oxygen atoms in total. The lowest BCUT2D eigenvalue weighted by Crippen LogP contribution is -2.43. The van der Waals surface area contributed by atoms with E-state index < -0.39 is 0 Å². The molecule has 0 aromatic heterocycles. The maximum absolute atomic E-state index is 3.80. The van der Waals surface area contributed by atoms with Crippen LogP contribution in [0, 0.1) is 5.92 Å². The predicted octanol–water partition coefficient (Wildman–Crippen LogP) is 2.18. The number of hydrogen-bond acceptors (Lipinski definition) is 3. The van der Waals surface area contributed by atoms with E-state index in [2.05, 4.69) is 29.1 Å². The van der Waals surface area contributed by atoms with Gasteiger partial charge in [-0.25, -0.2) is 0 Å². The Kier molecular flexibility index (Phi) is 6.62. The molecule has 2 saturated heterocycles. The fourth-order valence-corrected chi connectivity index (χ4v) is 3.52. The van der Waals surface area contributed by atoms with Gasteiger partial charge in [0.05, 0.1) is 0 Å². The minimum atomic E-state index is 0.791. The highest BCUT2D eigenvalue weighted by atomic mass is 15.1. The lowest BCUT2D eigenvalue weighted by atomic mass is 9.93. The first-order chi connectivity index (χ1) is 9.28. The summed E-state index contributed by atoms with van der Waals surface area (Å²) >= 11 is 0. The van der Waals surface area contributed by atoms with E-state index in [4.69, 9.17) is 0 Å². The van der Waals surface area contributed by atoms with Crippen LogP contribution >= 0.6 is 0 Å². The molecule has 2 aliphatic heterocycles. The Hall–Kier alpha value is -0.120. The summed E-state index contributed by atoms with van der Waals surface area (Å²) in [5, 5.41) is 3.80. The first-order valence-electron chi connectivity index (χ1n) is 8.42. The second-order valence-corrected chi connectivity index (χ2v) is 6.61. The monoisotopic (exact) mass is 267 g/mol. The van der Waals surface area contributed by atoms with Crippen molar-refractivity contribution in [3.05, 3.63) is 0 Å². The van der Waals surface area contributed by atoms with Crippen molar-refractivity contribution < 1.29 is 0 Å². The normalized spacial score (nSPS) is 24.9. The summed E-state index contributed by atoms with van der Waals surface area (Å²) in [5.41, 5.74) is 0. The minimum absolute atomic E-state index is 0.791. The molecule has 0 aromatic carbocycles. The molecule has 2 heterocycles. The molecule has 112 valence electrons. The molecule has 3 heteroatoms. The van der Waals surface area contributed by atoms with Crippen LogP contribution in [0.1, 0.15) is 45.4 Å². The predicted molar refractivity (Wildman–Crippen MR) is 82.6 cm³/mol. The van der Waals surface area contributed by atoms with E-state index in [1.165, 1.54) is 77.8 Å². The van der Waals surface area contributed by atoms with E-state index in [0.717, 1.165) is 12.0 Å². The van der Waals surface area contributed by atoms with Gasteiger partial charge in [-0.3, -0.25) is 0 Å². The lowest BCUT2D eigenvalue weighted by Gasteiger charge is -2.33. The molecule has 0 saturated carbocycles. The Bertz CT molecular complexity index is 228. The van der Waals surface area contributed by atoms with Gasteiger partial charge in [-0.15, -0.1) is 0 Å². The molecule has 2 aliphatic rings. The Balaban J connectivity index is 1.52. The Morgan fingerprint density at radius 2 is 1.68 bits per heavy atom. The van der Waals surface area contributed by atoms with Crippen molar-refractivity contribution in [2.24, 2.45) is 5.92 Å². The van der Waals surface area contributed by atoms with Crippen molar-refractivity contribution >= 4 is 0 Å². The van der Waals surface area contributed by atoms with Crippen LogP contribution in [0.2, 0.25) is 0 Å². The molecule has 0 spiro atoms. The molecule has 2 rings (SSSR count). The summed E-state index contributed by atoms with van der Waals surface area (Å²) in [6.45, 7) is 10.0. The van der Waals surface area contributed by atoms with E-state index >= 15 is 0 Å². The van der Waals surface area contributed by atoms with Crippen molar-refractivity contribution in [3.63, 3.8) is 0 Å². The van der Waals surface area contributed by atoms with Crippen LogP contribution < -0.4 is 5.32 Å². The van der Waals surface area contributed by atoms with Crippen molar-refractivity contribution in [2.45, 2.75) is 51.5 Å². The molecule has 1 N–H and O–H groups in total. The van der Waals surface area contributed by atoms with Gasteiger partial charge < -0.3 is 15.1 Å². The molecule has 0 aromatic rings. The van der Waals surface area contributed by atoms with Crippen LogP contribution in [0.5, 0.6) is 0 Å². The first kappa shape index (κ1) is 15.3. The topological polar surface area (TPSA) is 18.5 Å². The van der Waals surface area contributed by atoms with Gasteiger partial charge in [0.25, 0.3) is 0 Å². The van der Waals surface area contributed by atoms with Crippen LogP contribution in [0.25, 0.3) is 0 Å². The fraction of sp³-hybridized carbons (Fsp3) is 1.00. The number of nitrogens with zero attached hydrogens (tertiary/aromatic N) is 2. The van der Waals surface area contributed by atoms with Gasteiger partial charge in [0, 0.05) is 6.04 Å². The molecular weight excluding hydrogens is 234 g/mol. The number of piperidine rings is 2. The Morgan fingerprint density at radius 1 is 1.00 bits per heavy atom. The summed E-state index contributed by atoms with van der Waals surface area (Å²) < 4.78 is 0. The second-order valence-electron chi connectivity index (χ2n) is 6.61. The lowest BCUT2D eigenvalue weighted by molar-refractivity contribution is 0.188. The van der Waals surface area contributed by atoms with Gasteiger partial charge in [-0.1, -0.05) is 6.92 Å². The van der Waals surface area contributed by atoms with Crippen LogP contribution in [-0.4, -0.2) is 62.2 Å². The molecular formula is C16H33N3. The van der Waals surface area contributed by atoms with Gasteiger partial charge in [0.2, 0.25) is 0 Å². The third-order valence-corrected chi connectivity index (χ3v) is 4.95. The van der Waals surface area contributed by atoms with Crippen molar-refractivity contribution in [1.82, 2.24) is 15.1 Å².